The molecule has 0 radical (unpaired) electrons. The zero-order chi connectivity index (χ0) is 14.8. The molecule has 1 aliphatic heterocycles. The molecule has 0 aromatic heterocycles. The molecule has 0 fully saturated rings. The van der Waals surface area contributed by atoms with Crippen molar-refractivity contribution in [1.29, 1.82) is 0 Å². The van der Waals surface area contributed by atoms with E-state index in [4.69, 9.17) is 10.5 Å². The van der Waals surface area contributed by atoms with Gasteiger partial charge in [-0.25, -0.2) is 8.42 Å². The summed E-state index contributed by atoms with van der Waals surface area (Å²) < 4.78 is 30.4. The number of rotatable bonds is 5. The Labute approximate surface area is 119 Å². The Hall–Kier alpha value is -1.31. The van der Waals surface area contributed by atoms with Crippen molar-refractivity contribution in [3.05, 3.63) is 23.8 Å². The summed E-state index contributed by atoms with van der Waals surface area (Å²) in [6.45, 7) is 1.13. The van der Waals surface area contributed by atoms with Crippen LogP contribution in [-0.2, 0) is 10.0 Å². The van der Waals surface area contributed by atoms with E-state index < -0.39 is 16.1 Å². The maximum absolute atomic E-state index is 11.8. The minimum atomic E-state index is -3.35. The lowest BCUT2D eigenvalue weighted by atomic mass is 10.0. The Balaban J connectivity index is 2.33. The first-order valence-corrected chi connectivity index (χ1v) is 8.41. The number of aliphatic hydroxyl groups excluding tert-OH is 1. The topological polar surface area (TPSA) is 92.9 Å². The third kappa shape index (κ3) is 3.23. The Bertz CT molecular complexity index is 574. The van der Waals surface area contributed by atoms with E-state index in [0.717, 1.165) is 0 Å². The van der Waals surface area contributed by atoms with E-state index in [9.17, 15) is 13.5 Å². The first kappa shape index (κ1) is 15.1. The van der Waals surface area contributed by atoms with Gasteiger partial charge in [0.15, 0.2) is 0 Å². The zero-order valence-electron chi connectivity index (χ0n) is 11.4. The second-order valence-electron chi connectivity index (χ2n) is 4.86. The molecule has 0 saturated carbocycles. The van der Waals surface area contributed by atoms with Crippen LogP contribution in [0.3, 0.4) is 0 Å². The molecule has 1 atom stereocenters. The molecule has 1 heterocycles. The van der Waals surface area contributed by atoms with Crippen molar-refractivity contribution in [2.75, 3.05) is 30.3 Å². The van der Waals surface area contributed by atoms with Crippen LogP contribution in [0.4, 0.5) is 5.69 Å². The average molecular weight is 300 g/mol. The van der Waals surface area contributed by atoms with Crippen molar-refractivity contribution in [2.45, 2.75) is 18.9 Å². The predicted octanol–water partition coefficient (Wildman–Crippen LogP) is 0.617. The van der Waals surface area contributed by atoms with E-state index in [1.54, 1.807) is 18.2 Å². The molecular formula is C13H20N2O4S. The number of benzene rings is 1. The minimum Gasteiger partial charge on any atom is -0.489 e. The minimum absolute atomic E-state index is 0.286. The molecule has 7 heteroatoms. The summed E-state index contributed by atoms with van der Waals surface area (Å²) in [4.78, 5) is 0. The molecule has 6 nitrogen and oxygen atoms in total. The molecule has 1 aliphatic rings. The van der Waals surface area contributed by atoms with Crippen LogP contribution in [-0.4, -0.2) is 39.5 Å². The van der Waals surface area contributed by atoms with Crippen LogP contribution in [0.15, 0.2) is 18.2 Å². The molecule has 112 valence electrons. The quantitative estimate of drug-likeness (QED) is 0.831. The molecule has 0 spiro atoms. The maximum atomic E-state index is 11.8. The van der Waals surface area contributed by atoms with Crippen molar-refractivity contribution in [3.8, 4) is 5.75 Å². The predicted molar refractivity (Wildman–Crippen MR) is 77.4 cm³/mol. The van der Waals surface area contributed by atoms with E-state index in [0.29, 0.717) is 43.0 Å². The van der Waals surface area contributed by atoms with Crippen molar-refractivity contribution < 1.29 is 18.3 Å². The molecule has 0 aliphatic carbocycles. The van der Waals surface area contributed by atoms with Gasteiger partial charge in [0.05, 0.1) is 24.6 Å². The van der Waals surface area contributed by atoms with Crippen molar-refractivity contribution >= 4 is 15.7 Å². The lowest BCUT2D eigenvalue weighted by Crippen LogP contribution is -2.37. The number of aliphatic hydroxyl groups is 1. The number of fused-ring (bicyclic) bond motifs is 1. The van der Waals surface area contributed by atoms with Crippen LogP contribution < -0.4 is 14.8 Å². The van der Waals surface area contributed by atoms with E-state index in [2.05, 4.69) is 0 Å². The number of anilines is 1. The largest absolute Gasteiger partial charge is 0.489 e. The van der Waals surface area contributed by atoms with Gasteiger partial charge in [0, 0.05) is 0 Å². The van der Waals surface area contributed by atoms with Crippen LogP contribution in [0.5, 0.6) is 5.75 Å². The van der Waals surface area contributed by atoms with E-state index >= 15 is 0 Å². The number of ether oxygens (including phenoxy) is 1. The van der Waals surface area contributed by atoms with Gasteiger partial charge >= 0.3 is 0 Å². The van der Waals surface area contributed by atoms with Crippen LogP contribution >= 0.6 is 0 Å². The summed E-state index contributed by atoms with van der Waals surface area (Å²) in [6, 6.07) is 5.14. The number of sulfonamides is 1. The molecule has 0 bridgehead atoms. The van der Waals surface area contributed by atoms with Crippen molar-refractivity contribution in [3.63, 3.8) is 0 Å². The Kier molecular flexibility index (Phi) is 4.52. The summed E-state index contributed by atoms with van der Waals surface area (Å²) in [6.07, 6.45) is 1.78. The summed E-state index contributed by atoms with van der Waals surface area (Å²) in [7, 11) is -3.35. The van der Waals surface area contributed by atoms with Gasteiger partial charge in [-0.15, -0.1) is 0 Å². The maximum Gasteiger partial charge on any atom is 0.232 e. The van der Waals surface area contributed by atoms with Gasteiger partial charge < -0.3 is 15.6 Å². The van der Waals surface area contributed by atoms with Gasteiger partial charge in [0.25, 0.3) is 0 Å². The molecule has 0 saturated heterocycles. The van der Waals surface area contributed by atoms with Crippen molar-refractivity contribution in [1.82, 2.24) is 0 Å². The molecular weight excluding hydrogens is 280 g/mol. The lowest BCUT2D eigenvalue weighted by molar-refractivity contribution is 0.165. The first-order valence-electron chi connectivity index (χ1n) is 6.56. The SMILES string of the molecule is CS(=O)(=O)N1CCOc2ccc(C(O)CCCN)cc21. The molecule has 1 unspecified atom stereocenters. The number of hydrogen-bond donors (Lipinski definition) is 2. The Morgan fingerprint density at radius 1 is 1.50 bits per heavy atom. The highest BCUT2D eigenvalue weighted by atomic mass is 32.2. The zero-order valence-corrected chi connectivity index (χ0v) is 12.3. The fourth-order valence-electron chi connectivity index (χ4n) is 2.24. The number of hydrogen-bond acceptors (Lipinski definition) is 5. The second-order valence-corrected chi connectivity index (χ2v) is 6.76. The summed E-state index contributed by atoms with van der Waals surface area (Å²) in [5.74, 6) is 0.524. The average Bonchev–Trinajstić information content (AvgIpc) is 2.42. The van der Waals surface area contributed by atoms with Crippen molar-refractivity contribution in [2.24, 2.45) is 5.73 Å². The molecule has 2 rings (SSSR count). The molecule has 1 aromatic rings. The second kappa shape index (κ2) is 5.99. The van der Waals surface area contributed by atoms with Crippen LogP contribution in [0.2, 0.25) is 0 Å². The summed E-state index contributed by atoms with van der Waals surface area (Å²) in [5, 5.41) is 10.1. The Morgan fingerprint density at radius 3 is 2.90 bits per heavy atom. The van der Waals surface area contributed by atoms with E-state index in [-0.39, 0.29) is 6.54 Å². The van der Waals surface area contributed by atoms with E-state index in [1.165, 1.54) is 10.6 Å². The highest BCUT2D eigenvalue weighted by Crippen LogP contribution is 2.36. The normalized spacial score (nSPS) is 16.4. The van der Waals surface area contributed by atoms with E-state index in [1.807, 2.05) is 0 Å². The fourth-order valence-corrected chi connectivity index (χ4v) is 3.15. The molecule has 20 heavy (non-hydrogen) atoms. The van der Waals surface area contributed by atoms with Gasteiger partial charge in [0.2, 0.25) is 10.0 Å². The highest BCUT2D eigenvalue weighted by molar-refractivity contribution is 7.92. The number of nitrogens with zero attached hydrogens (tertiary/aromatic N) is 1. The van der Waals surface area contributed by atoms with Crippen LogP contribution in [0.25, 0.3) is 0 Å². The molecule has 1 aromatic carbocycles. The first-order chi connectivity index (χ1) is 9.43. The third-order valence-electron chi connectivity index (χ3n) is 3.27. The summed E-state index contributed by atoms with van der Waals surface area (Å²) >= 11 is 0. The van der Waals surface area contributed by atoms with Crippen LogP contribution in [0.1, 0.15) is 24.5 Å². The molecule has 0 amide bonds. The highest BCUT2D eigenvalue weighted by Gasteiger charge is 2.26. The Morgan fingerprint density at radius 2 is 2.25 bits per heavy atom. The van der Waals surface area contributed by atoms with Gasteiger partial charge in [0.1, 0.15) is 12.4 Å². The monoisotopic (exact) mass is 300 g/mol. The van der Waals surface area contributed by atoms with Gasteiger partial charge in [-0.2, -0.15) is 0 Å². The van der Waals surface area contributed by atoms with Gasteiger partial charge in [-0.05, 0) is 37.1 Å². The van der Waals surface area contributed by atoms with Gasteiger partial charge in [-0.1, -0.05) is 6.07 Å². The number of nitrogens with two attached hydrogens (primary N) is 1. The summed E-state index contributed by atoms with van der Waals surface area (Å²) in [5.41, 5.74) is 6.59. The molecule has 3 N–H and O–H groups in total. The lowest BCUT2D eigenvalue weighted by Gasteiger charge is -2.30. The standard InChI is InChI=1S/C13H20N2O4S/c1-20(17,18)15-7-8-19-13-5-4-10(9-11(13)15)12(16)3-2-6-14/h4-5,9,12,16H,2-3,6-8,14H2,1H3. The van der Waals surface area contributed by atoms with Gasteiger partial charge in [-0.3, -0.25) is 4.31 Å². The van der Waals surface area contributed by atoms with Crippen LogP contribution in [0, 0.1) is 0 Å². The third-order valence-corrected chi connectivity index (χ3v) is 4.45. The smallest absolute Gasteiger partial charge is 0.232 e. The fraction of sp³-hybridized carbons (Fsp3) is 0.538.